The van der Waals surface area contributed by atoms with Crippen LogP contribution in [0.15, 0.2) is 18.2 Å². The van der Waals surface area contributed by atoms with E-state index in [0.717, 1.165) is 11.8 Å². The van der Waals surface area contributed by atoms with Gasteiger partial charge in [-0.15, -0.1) is 11.8 Å². The monoisotopic (exact) mass is 1020 g/mol. The van der Waals surface area contributed by atoms with Crippen molar-refractivity contribution in [2.45, 2.75) is 112 Å². The number of fused-ring (bicyclic) bond motifs is 9. The molecule has 3 aromatic carbocycles. The van der Waals surface area contributed by atoms with Crippen LogP contribution in [0.1, 0.15) is 82.6 Å². The number of carbonyl (C=O) groups excluding carboxylic acids is 3. The SMILES string of the molecule is COc1cc2c(cc1OC(=O)OC(C)(C)C)CCN[C@]21CS[C@@H]2c3c(OC(=O)C(F)(F)C(F)(F)C(F)(F)F)c(C)c4c(c3[C@@H](COC1=O)N1C2[C@H]2c3c(cc(C)c(OC)c3O)C[C@H]([C@@H]1C#N)N2C)OCO4. The Labute approximate surface area is 405 Å². The third-order valence-corrected chi connectivity index (χ3v) is 15.4. The maximum atomic E-state index is 15.4. The van der Waals surface area contributed by atoms with E-state index in [1.807, 2.05) is 4.90 Å². The first-order chi connectivity index (χ1) is 33.2. The predicted molar refractivity (Wildman–Crippen MR) is 233 cm³/mol. The number of phenolic OH excluding ortho intramolecular Hbond substituents is 1. The zero-order chi connectivity index (χ0) is 51.7. The second-order valence-electron chi connectivity index (χ2n) is 19.1. The van der Waals surface area contributed by atoms with Crippen LogP contribution in [-0.4, -0.2) is 122 Å². The van der Waals surface area contributed by atoms with E-state index in [9.17, 15) is 41.9 Å². The number of nitrogens with one attached hydrogen (secondary N) is 1. The number of nitriles is 1. The average Bonchev–Trinajstić information content (AvgIpc) is 3.78. The van der Waals surface area contributed by atoms with Crippen LogP contribution in [0.4, 0.5) is 35.5 Å². The van der Waals surface area contributed by atoms with E-state index < -0.39 is 102 Å². The van der Waals surface area contributed by atoms with Crippen LogP contribution in [0.5, 0.6) is 40.2 Å². The number of likely N-dealkylation sites (N-methyl/N-ethyl adjacent to an activating group) is 1. The van der Waals surface area contributed by atoms with Crippen molar-refractivity contribution in [3.05, 3.63) is 62.7 Å². The standard InChI is InChI=1S/C47H47F7N4O12S/c1-19-11-22-12-24-25(15-55)58-26-16-65-40(60)44(23-14-27(63-7)28(13-21(23)9-10-56-44)68-42(62)70-43(3,4)5)17-71-39(33(58)32(57(24)6)29(22)34(59)35(19)64-8)31-30(26)38-37(66-18-67-38)20(2)36(31)69-41(61)45(48,49)46(50,51)47(52,53)54/h11,13-14,24-26,32-33,39,56,59H,9-10,12,16-18H2,1-8H3/t24-,25+,26-,32-,33?,39-,44-/m1/s1. The van der Waals surface area contributed by atoms with Crippen LogP contribution in [0.25, 0.3) is 0 Å². The molecule has 0 aromatic heterocycles. The van der Waals surface area contributed by atoms with E-state index in [2.05, 4.69) is 11.4 Å². The number of hydrogen-bond donors (Lipinski definition) is 2. The largest absolute Gasteiger partial charge is 0.514 e. The second-order valence-corrected chi connectivity index (χ2v) is 20.2. The van der Waals surface area contributed by atoms with Crippen molar-refractivity contribution in [2.24, 2.45) is 0 Å². The highest BCUT2D eigenvalue weighted by Gasteiger charge is 2.77. The maximum absolute atomic E-state index is 15.4. The normalized spacial score (nSPS) is 26.0. The summed E-state index contributed by atoms with van der Waals surface area (Å²) in [6, 6.07) is 2.01. The summed E-state index contributed by atoms with van der Waals surface area (Å²) in [4.78, 5) is 45.0. The van der Waals surface area contributed by atoms with Crippen LogP contribution in [0, 0.1) is 25.2 Å². The summed E-state index contributed by atoms with van der Waals surface area (Å²) in [6.07, 6.45) is -7.46. The fraction of sp³-hybridized carbons (Fsp3) is 0.532. The van der Waals surface area contributed by atoms with Gasteiger partial charge in [-0.25, -0.2) is 14.4 Å². The molecule has 4 bridgehead atoms. The lowest BCUT2D eigenvalue weighted by atomic mass is 9.71. The van der Waals surface area contributed by atoms with Crippen molar-refractivity contribution in [1.29, 1.82) is 5.26 Å². The molecule has 10 rings (SSSR count). The van der Waals surface area contributed by atoms with Crippen molar-refractivity contribution >= 4 is 29.9 Å². The number of halogens is 7. The topological polar surface area (TPSA) is 188 Å². The highest BCUT2D eigenvalue weighted by molar-refractivity contribution is 7.99. The lowest BCUT2D eigenvalue weighted by Crippen LogP contribution is -2.69. The summed E-state index contributed by atoms with van der Waals surface area (Å²) >= 11 is 0.956. The Morgan fingerprint density at radius 3 is 2.28 bits per heavy atom. The molecule has 1 spiro atoms. The van der Waals surface area contributed by atoms with Gasteiger partial charge in [0.05, 0.1) is 37.6 Å². The summed E-state index contributed by atoms with van der Waals surface area (Å²) < 4.78 is 146. The Bertz CT molecular complexity index is 2800. The number of benzene rings is 3. The van der Waals surface area contributed by atoms with Gasteiger partial charge in [0.2, 0.25) is 6.79 Å². The van der Waals surface area contributed by atoms with Crippen molar-refractivity contribution in [3.63, 3.8) is 0 Å². The van der Waals surface area contributed by atoms with Crippen LogP contribution >= 0.6 is 11.8 Å². The number of rotatable bonds is 6. The maximum Gasteiger partial charge on any atom is 0.514 e. The molecule has 7 aliphatic rings. The Hall–Kier alpha value is -5.90. The van der Waals surface area contributed by atoms with Crippen molar-refractivity contribution in [2.75, 3.05) is 47.0 Å². The van der Waals surface area contributed by atoms with Gasteiger partial charge in [-0.1, -0.05) is 6.07 Å². The van der Waals surface area contributed by atoms with Crippen LogP contribution in [-0.2, 0) is 37.4 Å². The Balaban J connectivity index is 1.29. The molecule has 1 unspecified atom stereocenters. The summed E-state index contributed by atoms with van der Waals surface area (Å²) in [5.74, 6) is -19.2. The minimum absolute atomic E-state index is 0.00456. The van der Waals surface area contributed by atoms with Crippen molar-refractivity contribution in [1.82, 2.24) is 15.1 Å². The number of carbonyl (C=O) groups is 3. The number of thioether (sulfide) groups is 1. The Kier molecular flexibility index (Phi) is 12.1. The van der Waals surface area contributed by atoms with E-state index in [1.165, 1.54) is 33.3 Å². The van der Waals surface area contributed by atoms with E-state index in [1.54, 1.807) is 45.7 Å². The number of alkyl halides is 7. The number of esters is 2. The third-order valence-electron chi connectivity index (χ3n) is 14.0. The number of nitrogens with zero attached hydrogens (tertiary/aromatic N) is 3. The molecule has 0 aliphatic carbocycles. The minimum atomic E-state index is -6.89. The average molecular weight is 1020 g/mol. The van der Waals surface area contributed by atoms with Gasteiger partial charge in [0.1, 0.15) is 24.0 Å². The first-order valence-electron chi connectivity index (χ1n) is 22.2. The zero-order valence-electron chi connectivity index (χ0n) is 39.3. The summed E-state index contributed by atoms with van der Waals surface area (Å²) in [5, 5.41) is 25.3. The molecule has 0 amide bonds. The molecule has 7 atom stereocenters. The number of phenols is 1. The highest BCUT2D eigenvalue weighted by Crippen LogP contribution is 2.65. The fourth-order valence-electron chi connectivity index (χ4n) is 10.9. The van der Waals surface area contributed by atoms with Gasteiger partial charge >= 0.3 is 36.1 Å². The van der Waals surface area contributed by atoms with Gasteiger partial charge in [0.25, 0.3) is 0 Å². The molecule has 24 heteroatoms. The number of methoxy groups -OCH3 is 2. The zero-order valence-corrected chi connectivity index (χ0v) is 40.1. The van der Waals surface area contributed by atoms with Gasteiger partial charge in [-0.2, -0.15) is 36.0 Å². The first-order valence-corrected chi connectivity index (χ1v) is 23.2. The molecule has 2 saturated heterocycles. The predicted octanol–water partition coefficient (Wildman–Crippen LogP) is 7.41. The van der Waals surface area contributed by atoms with E-state index in [0.29, 0.717) is 27.8 Å². The van der Waals surface area contributed by atoms with E-state index >= 15 is 13.6 Å². The molecular formula is C47H47F7N4O12S. The summed E-state index contributed by atoms with van der Waals surface area (Å²) in [6.45, 7) is 6.80. The summed E-state index contributed by atoms with van der Waals surface area (Å²) in [7, 11) is 4.36. The van der Waals surface area contributed by atoms with Gasteiger partial charge in [0.15, 0.2) is 40.0 Å². The number of aromatic hydroxyl groups is 1. The minimum Gasteiger partial charge on any atom is -0.504 e. The molecule has 16 nitrogen and oxygen atoms in total. The smallest absolute Gasteiger partial charge is 0.504 e. The van der Waals surface area contributed by atoms with Gasteiger partial charge < -0.3 is 43.0 Å². The summed E-state index contributed by atoms with van der Waals surface area (Å²) in [5.41, 5.74) is -0.966. The third kappa shape index (κ3) is 7.54. The molecule has 7 aliphatic heterocycles. The second kappa shape index (κ2) is 17.1. The number of ether oxygens (including phenoxy) is 8. The van der Waals surface area contributed by atoms with Crippen molar-refractivity contribution < 1.29 is 88.1 Å². The van der Waals surface area contributed by atoms with Crippen molar-refractivity contribution in [3.8, 4) is 46.3 Å². The molecular weight excluding hydrogens is 978 g/mol. The van der Waals surface area contributed by atoms with Crippen LogP contribution in [0.3, 0.4) is 0 Å². The van der Waals surface area contributed by atoms with Gasteiger partial charge in [-0.05, 0) is 88.9 Å². The molecule has 0 radical (unpaired) electrons. The molecule has 3 aromatic rings. The lowest BCUT2D eigenvalue weighted by molar-refractivity contribution is -0.346. The number of hydrogen-bond acceptors (Lipinski definition) is 17. The molecule has 7 heterocycles. The Morgan fingerprint density at radius 2 is 1.63 bits per heavy atom. The lowest BCUT2D eigenvalue weighted by Gasteiger charge is -2.62. The highest BCUT2D eigenvalue weighted by atomic mass is 32.2. The molecule has 71 heavy (non-hydrogen) atoms. The van der Waals surface area contributed by atoms with Gasteiger partial charge in [-0.3, -0.25) is 15.1 Å². The molecule has 0 saturated carbocycles. The van der Waals surface area contributed by atoms with Crippen LogP contribution < -0.4 is 33.7 Å². The fourth-order valence-corrected chi connectivity index (χ4v) is 12.6. The van der Waals surface area contributed by atoms with Gasteiger partial charge in [0, 0.05) is 46.6 Å². The quantitative estimate of drug-likeness (QED) is 0.107. The number of aryl methyl sites for hydroxylation is 1. The van der Waals surface area contributed by atoms with E-state index in [4.69, 9.17) is 37.9 Å². The first kappa shape index (κ1) is 50.1. The van der Waals surface area contributed by atoms with Crippen LogP contribution in [0.2, 0.25) is 0 Å². The molecule has 2 fully saturated rings. The molecule has 382 valence electrons. The number of piperazine rings is 1. The molecule has 2 N–H and O–H groups in total. The Morgan fingerprint density at radius 1 is 0.930 bits per heavy atom. The van der Waals surface area contributed by atoms with E-state index in [-0.39, 0.29) is 76.3 Å².